The summed E-state index contributed by atoms with van der Waals surface area (Å²) in [5.74, 6) is -1.55. The number of carbonyl (C=O) groups is 3. The van der Waals surface area contributed by atoms with Gasteiger partial charge in [-0.15, -0.1) is 11.3 Å². The van der Waals surface area contributed by atoms with E-state index in [0.717, 1.165) is 11.3 Å². The summed E-state index contributed by atoms with van der Waals surface area (Å²) in [6.45, 7) is 2.15. The number of anilines is 1. The standard InChI is InChI=1S/C14H20N2O5S/c1-3-9-7-10(13(20)15-6-4-5-12(18)19)14(22-9)16-11(17)8-21-2/h7H,3-6,8H2,1-2H3,(H,15,20)(H,16,17)(H,18,19). The number of carboxylic acid groups (broad SMARTS) is 1. The fourth-order valence-electron chi connectivity index (χ4n) is 1.71. The summed E-state index contributed by atoms with van der Waals surface area (Å²) in [6, 6.07) is 1.74. The Kier molecular flexibility index (Phi) is 7.55. The number of aliphatic carboxylic acids is 1. The van der Waals surface area contributed by atoms with E-state index in [0.29, 0.717) is 17.0 Å². The second-order valence-corrected chi connectivity index (χ2v) is 5.68. The maximum Gasteiger partial charge on any atom is 0.303 e. The van der Waals surface area contributed by atoms with Crippen molar-refractivity contribution in [1.82, 2.24) is 5.32 Å². The Morgan fingerprint density at radius 2 is 2.09 bits per heavy atom. The fourth-order valence-corrected chi connectivity index (χ4v) is 2.72. The van der Waals surface area contributed by atoms with Gasteiger partial charge in [0.25, 0.3) is 11.8 Å². The molecule has 0 unspecified atom stereocenters. The highest BCUT2D eigenvalue weighted by molar-refractivity contribution is 7.16. The van der Waals surface area contributed by atoms with Crippen molar-refractivity contribution in [3.05, 3.63) is 16.5 Å². The van der Waals surface area contributed by atoms with Gasteiger partial charge in [0.2, 0.25) is 0 Å². The third kappa shape index (κ3) is 5.82. The number of amides is 2. The molecular weight excluding hydrogens is 308 g/mol. The zero-order chi connectivity index (χ0) is 16.5. The third-order valence-electron chi connectivity index (χ3n) is 2.76. The second kappa shape index (κ2) is 9.16. The minimum atomic E-state index is -0.898. The van der Waals surface area contributed by atoms with Gasteiger partial charge in [-0.2, -0.15) is 0 Å². The Hall–Kier alpha value is -1.93. The van der Waals surface area contributed by atoms with E-state index in [2.05, 4.69) is 10.6 Å². The molecule has 0 saturated carbocycles. The van der Waals surface area contributed by atoms with E-state index in [-0.39, 0.29) is 31.4 Å². The molecule has 1 aromatic heterocycles. The second-order valence-electron chi connectivity index (χ2n) is 4.54. The summed E-state index contributed by atoms with van der Waals surface area (Å²) < 4.78 is 4.75. The largest absolute Gasteiger partial charge is 0.481 e. The number of rotatable bonds is 9. The predicted octanol–water partition coefficient (Wildman–Crippen LogP) is 1.49. The SMILES string of the molecule is CCc1cc(C(=O)NCCCC(=O)O)c(NC(=O)COC)s1. The number of aryl methyl sites for hydroxylation is 1. The minimum Gasteiger partial charge on any atom is -0.481 e. The lowest BCUT2D eigenvalue weighted by Gasteiger charge is -2.06. The molecule has 2 amide bonds. The van der Waals surface area contributed by atoms with Crippen molar-refractivity contribution >= 4 is 34.1 Å². The highest BCUT2D eigenvalue weighted by Crippen LogP contribution is 2.28. The third-order valence-corrected chi connectivity index (χ3v) is 3.95. The average Bonchev–Trinajstić information content (AvgIpc) is 2.86. The van der Waals surface area contributed by atoms with Crippen molar-refractivity contribution in [2.45, 2.75) is 26.2 Å². The van der Waals surface area contributed by atoms with Gasteiger partial charge >= 0.3 is 5.97 Å². The van der Waals surface area contributed by atoms with Gasteiger partial charge in [0.05, 0.1) is 5.56 Å². The summed E-state index contributed by atoms with van der Waals surface area (Å²) in [4.78, 5) is 35.1. The molecule has 0 aliphatic rings. The van der Waals surface area contributed by atoms with Crippen LogP contribution in [0.25, 0.3) is 0 Å². The van der Waals surface area contributed by atoms with E-state index in [1.54, 1.807) is 6.07 Å². The van der Waals surface area contributed by atoms with Crippen molar-refractivity contribution in [2.24, 2.45) is 0 Å². The number of hydrogen-bond donors (Lipinski definition) is 3. The molecule has 3 N–H and O–H groups in total. The van der Waals surface area contributed by atoms with E-state index in [1.807, 2.05) is 6.92 Å². The summed E-state index contributed by atoms with van der Waals surface area (Å²) in [6.07, 6.45) is 1.11. The minimum absolute atomic E-state index is 0.00155. The van der Waals surface area contributed by atoms with Crippen LogP contribution in [0.3, 0.4) is 0 Å². The van der Waals surface area contributed by atoms with Crippen LogP contribution in [0.1, 0.15) is 35.0 Å². The van der Waals surface area contributed by atoms with Crippen LogP contribution in [-0.4, -0.2) is 43.2 Å². The van der Waals surface area contributed by atoms with Gasteiger partial charge in [-0.1, -0.05) is 6.92 Å². The lowest BCUT2D eigenvalue weighted by molar-refractivity contribution is -0.137. The Morgan fingerprint density at radius 1 is 1.36 bits per heavy atom. The molecule has 122 valence electrons. The van der Waals surface area contributed by atoms with Crippen LogP contribution in [0, 0.1) is 0 Å². The van der Waals surface area contributed by atoms with Gasteiger partial charge in [-0.05, 0) is 18.9 Å². The predicted molar refractivity (Wildman–Crippen MR) is 83.4 cm³/mol. The molecular formula is C14H20N2O5S. The molecule has 0 aliphatic carbocycles. The van der Waals surface area contributed by atoms with Gasteiger partial charge < -0.3 is 20.5 Å². The Morgan fingerprint density at radius 3 is 2.68 bits per heavy atom. The van der Waals surface area contributed by atoms with Gasteiger partial charge in [-0.3, -0.25) is 14.4 Å². The van der Waals surface area contributed by atoms with Crippen molar-refractivity contribution < 1.29 is 24.2 Å². The number of methoxy groups -OCH3 is 1. The number of hydrogen-bond acceptors (Lipinski definition) is 5. The topological polar surface area (TPSA) is 105 Å². The van der Waals surface area contributed by atoms with Crippen molar-refractivity contribution in [2.75, 3.05) is 25.6 Å². The van der Waals surface area contributed by atoms with Gasteiger partial charge in [-0.25, -0.2) is 0 Å². The van der Waals surface area contributed by atoms with Gasteiger partial charge in [0.1, 0.15) is 11.6 Å². The van der Waals surface area contributed by atoms with Crippen LogP contribution in [-0.2, 0) is 20.7 Å². The molecule has 0 aliphatic heterocycles. The smallest absolute Gasteiger partial charge is 0.303 e. The first-order valence-corrected chi connectivity index (χ1v) is 7.71. The summed E-state index contributed by atoms with van der Waals surface area (Å²) in [5, 5.41) is 14.4. The molecule has 0 radical (unpaired) electrons. The Balaban J connectivity index is 2.70. The average molecular weight is 328 g/mol. The molecule has 22 heavy (non-hydrogen) atoms. The van der Waals surface area contributed by atoms with Crippen LogP contribution in [0.4, 0.5) is 5.00 Å². The maximum atomic E-state index is 12.1. The molecule has 0 spiro atoms. The number of carboxylic acids is 1. The van der Waals surface area contributed by atoms with Gasteiger partial charge in [0.15, 0.2) is 0 Å². The van der Waals surface area contributed by atoms with Crippen molar-refractivity contribution in [3.8, 4) is 0 Å². The highest BCUT2D eigenvalue weighted by Gasteiger charge is 2.17. The molecule has 0 atom stereocenters. The van der Waals surface area contributed by atoms with Crippen LogP contribution < -0.4 is 10.6 Å². The van der Waals surface area contributed by atoms with Crippen LogP contribution in [0.2, 0.25) is 0 Å². The molecule has 0 fully saturated rings. The summed E-state index contributed by atoms with van der Waals surface area (Å²) in [5.41, 5.74) is 0.390. The molecule has 1 heterocycles. The van der Waals surface area contributed by atoms with E-state index >= 15 is 0 Å². The number of ether oxygens (including phenoxy) is 1. The van der Waals surface area contributed by atoms with Crippen molar-refractivity contribution in [1.29, 1.82) is 0 Å². The molecule has 7 nitrogen and oxygen atoms in total. The van der Waals surface area contributed by atoms with Crippen molar-refractivity contribution in [3.63, 3.8) is 0 Å². The highest BCUT2D eigenvalue weighted by atomic mass is 32.1. The zero-order valence-electron chi connectivity index (χ0n) is 12.6. The Bertz CT molecular complexity index is 541. The van der Waals surface area contributed by atoms with Crippen LogP contribution in [0.5, 0.6) is 0 Å². The zero-order valence-corrected chi connectivity index (χ0v) is 13.4. The number of nitrogens with one attached hydrogen (secondary N) is 2. The first-order valence-electron chi connectivity index (χ1n) is 6.89. The monoisotopic (exact) mass is 328 g/mol. The molecule has 0 saturated heterocycles. The van der Waals surface area contributed by atoms with E-state index < -0.39 is 5.97 Å². The van der Waals surface area contributed by atoms with E-state index in [1.165, 1.54) is 18.4 Å². The van der Waals surface area contributed by atoms with Gasteiger partial charge in [0, 0.05) is 25.0 Å². The van der Waals surface area contributed by atoms with Crippen LogP contribution >= 0.6 is 11.3 Å². The summed E-state index contributed by atoms with van der Waals surface area (Å²) in [7, 11) is 1.42. The first kappa shape index (κ1) is 18.1. The molecule has 0 aromatic carbocycles. The molecule has 1 rings (SSSR count). The first-order chi connectivity index (χ1) is 10.5. The van der Waals surface area contributed by atoms with E-state index in [4.69, 9.17) is 9.84 Å². The quantitative estimate of drug-likeness (QED) is 0.596. The molecule has 1 aromatic rings. The lowest BCUT2D eigenvalue weighted by Crippen LogP contribution is -2.26. The van der Waals surface area contributed by atoms with E-state index in [9.17, 15) is 14.4 Å². The maximum absolute atomic E-state index is 12.1. The lowest BCUT2D eigenvalue weighted by atomic mass is 10.2. The molecule has 0 bridgehead atoms. The normalized spacial score (nSPS) is 10.3. The summed E-state index contributed by atoms with van der Waals surface area (Å²) >= 11 is 1.34. The Labute approximate surface area is 132 Å². The number of carbonyl (C=O) groups excluding carboxylic acids is 2. The van der Waals surface area contributed by atoms with Crippen LogP contribution in [0.15, 0.2) is 6.07 Å². The molecule has 8 heteroatoms. The number of thiophene rings is 1. The fraction of sp³-hybridized carbons (Fsp3) is 0.500.